The van der Waals surface area contributed by atoms with Crippen LogP contribution in [0.25, 0.3) is 11.0 Å². The molecule has 0 aliphatic heterocycles. The van der Waals surface area contributed by atoms with E-state index < -0.39 is 0 Å². The van der Waals surface area contributed by atoms with Gasteiger partial charge in [0, 0.05) is 5.38 Å². The molecule has 0 bridgehead atoms. The molecule has 80 valence electrons. The summed E-state index contributed by atoms with van der Waals surface area (Å²) in [6, 6.07) is 9.97. The molecule has 0 aliphatic rings. The Balaban J connectivity index is 1.79. The second kappa shape index (κ2) is 3.94. The van der Waals surface area contributed by atoms with Crippen LogP contribution in [0.1, 0.15) is 5.69 Å². The van der Waals surface area contributed by atoms with E-state index in [0.29, 0.717) is 6.54 Å². The fourth-order valence-corrected chi connectivity index (χ4v) is 2.08. The summed E-state index contributed by atoms with van der Waals surface area (Å²) in [4.78, 5) is 7.63. The van der Waals surface area contributed by atoms with E-state index >= 15 is 0 Å². The lowest BCUT2D eigenvalue weighted by molar-refractivity contribution is 1.06. The minimum absolute atomic E-state index is 0.698. The van der Waals surface area contributed by atoms with E-state index in [2.05, 4.69) is 19.7 Å². The number of anilines is 1. The number of nitrogens with one attached hydrogen (secondary N) is 2. The maximum absolute atomic E-state index is 4.42. The Labute approximate surface area is 96.5 Å². The first-order chi connectivity index (χ1) is 7.92. The van der Waals surface area contributed by atoms with Crippen molar-refractivity contribution in [2.45, 2.75) is 6.54 Å². The molecule has 0 fully saturated rings. The van der Waals surface area contributed by atoms with E-state index in [1.54, 1.807) is 0 Å². The zero-order valence-corrected chi connectivity index (χ0v) is 9.29. The molecule has 5 heteroatoms. The third-order valence-corrected chi connectivity index (χ3v) is 2.92. The Morgan fingerprint density at radius 1 is 1.25 bits per heavy atom. The summed E-state index contributed by atoms with van der Waals surface area (Å²) in [6.45, 7) is 0.698. The van der Waals surface area contributed by atoms with Crippen molar-refractivity contribution in [1.82, 2.24) is 14.3 Å². The molecule has 0 atom stereocenters. The second-order valence-corrected chi connectivity index (χ2v) is 4.11. The number of rotatable bonds is 3. The molecular weight excluding hydrogens is 220 g/mol. The van der Waals surface area contributed by atoms with Crippen LogP contribution in [-0.4, -0.2) is 14.3 Å². The van der Waals surface area contributed by atoms with Crippen LogP contribution in [0.2, 0.25) is 0 Å². The number of aromatic nitrogens is 3. The van der Waals surface area contributed by atoms with Crippen molar-refractivity contribution in [3.8, 4) is 0 Å². The maximum atomic E-state index is 4.42. The monoisotopic (exact) mass is 230 g/mol. The van der Waals surface area contributed by atoms with Crippen molar-refractivity contribution in [2.75, 3.05) is 5.32 Å². The Bertz CT molecular complexity index is 552. The molecule has 3 aromatic rings. The topological polar surface area (TPSA) is 53.6 Å². The first-order valence-electron chi connectivity index (χ1n) is 5.00. The van der Waals surface area contributed by atoms with E-state index in [4.69, 9.17) is 0 Å². The van der Waals surface area contributed by atoms with Crippen LogP contribution in [0.5, 0.6) is 0 Å². The average Bonchev–Trinajstić information content (AvgIpc) is 2.95. The number of benzene rings is 1. The first kappa shape index (κ1) is 9.35. The zero-order chi connectivity index (χ0) is 10.8. The molecule has 0 saturated carbocycles. The first-order valence-corrected chi connectivity index (χ1v) is 5.83. The van der Waals surface area contributed by atoms with Gasteiger partial charge in [-0.25, -0.2) is 4.98 Å². The largest absolute Gasteiger partial charge is 0.350 e. The van der Waals surface area contributed by atoms with Crippen LogP contribution in [0.15, 0.2) is 35.7 Å². The minimum Gasteiger partial charge on any atom is -0.350 e. The van der Waals surface area contributed by atoms with Gasteiger partial charge in [-0.05, 0) is 29.7 Å². The van der Waals surface area contributed by atoms with E-state index in [1.807, 2.05) is 35.7 Å². The molecule has 2 heterocycles. The van der Waals surface area contributed by atoms with Gasteiger partial charge in [-0.3, -0.25) is 0 Å². The normalized spacial score (nSPS) is 10.8. The molecule has 16 heavy (non-hydrogen) atoms. The van der Waals surface area contributed by atoms with Gasteiger partial charge in [0.05, 0.1) is 23.3 Å². The summed E-state index contributed by atoms with van der Waals surface area (Å²) in [5.74, 6) is 0.786. The summed E-state index contributed by atoms with van der Waals surface area (Å²) in [5.41, 5.74) is 3.05. The Morgan fingerprint density at radius 3 is 3.00 bits per heavy atom. The van der Waals surface area contributed by atoms with Crippen molar-refractivity contribution in [2.24, 2.45) is 0 Å². The van der Waals surface area contributed by atoms with Crippen molar-refractivity contribution < 1.29 is 0 Å². The highest BCUT2D eigenvalue weighted by Crippen LogP contribution is 2.13. The molecule has 0 spiro atoms. The lowest BCUT2D eigenvalue weighted by atomic mass is 10.3. The number of para-hydroxylation sites is 2. The molecule has 0 saturated heterocycles. The fourth-order valence-electron chi connectivity index (χ4n) is 1.54. The third-order valence-electron chi connectivity index (χ3n) is 2.32. The SMILES string of the molecule is c1ccc2[nH]c(NCc3ccsn3)nc2c1. The number of imidazole rings is 1. The molecule has 4 nitrogen and oxygen atoms in total. The predicted molar refractivity (Wildman–Crippen MR) is 65.5 cm³/mol. The number of hydrogen-bond donors (Lipinski definition) is 2. The van der Waals surface area contributed by atoms with Crippen LogP contribution in [0.4, 0.5) is 5.95 Å². The highest BCUT2D eigenvalue weighted by atomic mass is 32.1. The summed E-state index contributed by atoms with van der Waals surface area (Å²) in [6.07, 6.45) is 0. The van der Waals surface area contributed by atoms with E-state index in [1.165, 1.54) is 11.5 Å². The van der Waals surface area contributed by atoms with Crippen molar-refractivity contribution in [3.63, 3.8) is 0 Å². The number of nitrogens with zero attached hydrogens (tertiary/aromatic N) is 2. The number of H-pyrrole nitrogens is 1. The lowest BCUT2D eigenvalue weighted by Crippen LogP contribution is -2.00. The van der Waals surface area contributed by atoms with Crippen LogP contribution in [0, 0.1) is 0 Å². The zero-order valence-electron chi connectivity index (χ0n) is 8.47. The standard InChI is InChI=1S/C11H10N4S/c1-2-4-10-9(3-1)13-11(14-10)12-7-8-5-6-16-15-8/h1-6H,7H2,(H2,12,13,14). The molecule has 0 amide bonds. The van der Waals surface area contributed by atoms with Crippen LogP contribution in [-0.2, 0) is 6.54 Å². The van der Waals surface area contributed by atoms with E-state index in [9.17, 15) is 0 Å². The number of aromatic amines is 1. The van der Waals surface area contributed by atoms with Crippen molar-refractivity contribution in [1.29, 1.82) is 0 Å². The van der Waals surface area contributed by atoms with Crippen LogP contribution in [0.3, 0.4) is 0 Å². The summed E-state index contributed by atoms with van der Waals surface area (Å²) < 4.78 is 4.22. The van der Waals surface area contributed by atoms with Crippen LogP contribution < -0.4 is 5.32 Å². The smallest absolute Gasteiger partial charge is 0.201 e. The van der Waals surface area contributed by atoms with Gasteiger partial charge < -0.3 is 10.3 Å². The quantitative estimate of drug-likeness (QED) is 0.727. The Morgan fingerprint density at radius 2 is 2.19 bits per heavy atom. The van der Waals surface area contributed by atoms with Crippen LogP contribution >= 0.6 is 11.5 Å². The molecule has 1 aromatic carbocycles. The highest BCUT2D eigenvalue weighted by molar-refractivity contribution is 7.03. The van der Waals surface area contributed by atoms with Gasteiger partial charge in [0.15, 0.2) is 0 Å². The molecule has 2 aromatic heterocycles. The number of fused-ring (bicyclic) bond motifs is 1. The Kier molecular flexibility index (Phi) is 2.30. The third kappa shape index (κ3) is 1.77. The average molecular weight is 230 g/mol. The van der Waals surface area contributed by atoms with Gasteiger partial charge in [0.1, 0.15) is 0 Å². The molecule has 0 radical (unpaired) electrons. The molecule has 3 rings (SSSR count). The Hall–Kier alpha value is -1.88. The summed E-state index contributed by atoms with van der Waals surface area (Å²) in [7, 11) is 0. The van der Waals surface area contributed by atoms with E-state index in [0.717, 1.165) is 22.7 Å². The second-order valence-electron chi connectivity index (χ2n) is 3.45. The maximum Gasteiger partial charge on any atom is 0.201 e. The van der Waals surface area contributed by atoms with Crippen molar-refractivity contribution in [3.05, 3.63) is 41.4 Å². The van der Waals surface area contributed by atoms with Gasteiger partial charge in [-0.1, -0.05) is 12.1 Å². The fraction of sp³-hybridized carbons (Fsp3) is 0.0909. The van der Waals surface area contributed by atoms with Gasteiger partial charge in [0.25, 0.3) is 0 Å². The van der Waals surface area contributed by atoms with Gasteiger partial charge in [-0.2, -0.15) is 4.37 Å². The molecule has 0 unspecified atom stereocenters. The summed E-state index contributed by atoms with van der Waals surface area (Å²) in [5, 5.41) is 5.18. The van der Waals surface area contributed by atoms with Gasteiger partial charge >= 0.3 is 0 Å². The van der Waals surface area contributed by atoms with Crippen molar-refractivity contribution >= 4 is 28.5 Å². The predicted octanol–water partition coefficient (Wildman–Crippen LogP) is 2.63. The highest BCUT2D eigenvalue weighted by Gasteiger charge is 2.01. The van der Waals surface area contributed by atoms with Gasteiger partial charge in [-0.15, -0.1) is 0 Å². The molecule has 2 N–H and O–H groups in total. The number of hydrogen-bond acceptors (Lipinski definition) is 4. The van der Waals surface area contributed by atoms with Gasteiger partial charge in [0.2, 0.25) is 5.95 Å². The summed E-state index contributed by atoms with van der Waals surface area (Å²) >= 11 is 1.46. The minimum atomic E-state index is 0.698. The molecule has 0 aliphatic carbocycles. The van der Waals surface area contributed by atoms with E-state index in [-0.39, 0.29) is 0 Å². The lowest BCUT2D eigenvalue weighted by Gasteiger charge is -1.97. The molecular formula is C11H10N4S.